The van der Waals surface area contributed by atoms with Gasteiger partial charge in [-0.3, -0.25) is 4.79 Å². The molecule has 0 bridgehead atoms. The molecule has 1 aromatic carbocycles. The minimum atomic E-state index is -4.45. The Morgan fingerprint density at radius 3 is 2.26 bits per heavy atom. The van der Waals surface area contributed by atoms with E-state index in [4.69, 9.17) is 4.74 Å². The average molecular weight is 412 g/mol. The van der Waals surface area contributed by atoms with Crippen LogP contribution in [0.3, 0.4) is 0 Å². The van der Waals surface area contributed by atoms with Gasteiger partial charge in [-0.15, -0.1) is 0 Å². The molecule has 0 aliphatic rings. The summed E-state index contributed by atoms with van der Waals surface area (Å²) in [4.78, 5) is 12.2. The molecule has 1 atom stereocenters. The van der Waals surface area contributed by atoms with Crippen LogP contribution in [-0.4, -0.2) is 53.4 Å². The van der Waals surface area contributed by atoms with Gasteiger partial charge in [0.2, 0.25) is 15.9 Å². The van der Waals surface area contributed by atoms with Crippen molar-refractivity contribution in [2.45, 2.75) is 31.0 Å². The molecule has 0 spiro atoms. The Hall–Kier alpha value is -1.85. The predicted molar refractivity (Wildman–Crippen MR) is 91.8 cm³/mol. The summed E-state index contributed by atoms with van der Waals surface area (Å²) in [7, 11) is -2.53. The Morgan fingerprint density at radius 1 is 1.19 bits per heavy atom. The summed E-state index contributed by atoms with van der Waals surface area (Å²) in [5, 5.41) is 2.36. The quantitative estimate of drug-likeness (QED) is 0.571. The topological polar surface area (TPSA) is 93.7 Å². The molecule has 1 amide bonds. The zero-order valence-corrected chi connectivity index (χ0v) is 16.0. The van der Waals surface area contributed by atoms with Gasteiger partial charge in [0, 0.05) is 6.54 Å². The maximum atomic E-state index is 12.5. The molecule has 0 aliphatic carbocycles. The van der Waals surface area contributed by atoms with Crippen LogP contribution in [0.5, 0.6) is 5.75 Å². The first-order chi connectivity index (χ1) is 12.5. The van der Waals surface area contributed by atoms with Crippen molar-refractivity contribution in [1.29, 1.82) is 0 Å². The molecule has 0 aliphatic heterocycles. The summed E-state index contributed by atoms with van der Waals surface area (Å²) in [6, 6.07) is 4.51. The van der Waals surface area contributed by atoms with Crippen LogP contribution in [-0.2, 0) is 19.6 Å². The average Bonchev–Trinajstić information content (AvgIpc) is 2.58. The van der Waals surface area contributed by atoms with Gasteiger partial charge in [0.05, 0.1) is 18.6 Å². The van der Waals surface area contributed by atoms with E-state index in [9.17, 15) is 26.4 Å². The SMILES string of the molecule is COc1ccc(S(=O)(=O)N[C@H](C(=O)NCCOCC(F)(F)F)C(C)C)cc1. The molecular formula is C16H23F3N2O5S. The van der Waals surface area contributed by atoms with Crippen molar-refractivity contribution >= 4 is 15.9 Å². The fraction of sp³-hybridized carbons (Fsp3) is 0.562. The second-order valence-corrected chi connectivity index (χ2v) is 7.69. The van der Waals surface area contributed by atoms with Crippen molar-refractivity contribution in [2.75, 3.05) is 26.9 Å². The van der Waals surface area contributed by atoms with Crippen LogP contribution in [0.2, 0.25) is 0 Å². The Bertz CT molecular complexity index is 706. The zero-order valence-electron chi connectivity index (χ0n) is 15.2. The summed E-state index contributed by atoms with van der Waals surface area (Å²) in [5.74, 6) is -0.572. The normalized spacial score (nSPS) is 13.4. The Balaban J connectivity index is 2.67. The number of rotatable bonds is 10. The first-order valence-electron chi connectivity index (χ1n) is 8.05. The molecule has 154 valence electrons. The molecule has 0 radical (unpaired) electrons. The predicted octanol–water partition coefficient (Wildman–Crippen LogP) is 1.69. The summed E-state index contributed by atoms with van der Waals surface area (Å²) in [5.41, 5.74) is 0. The standard InChI is InChI=1S/C16H23F3N2O5S/c1-11(2)14(15(22)20-8-9-26-10-16(17,18)19)21-27(23,24)13-6-4-12(25-3)5-7-13/h4-7,11,14,21H,8-10H2,1-3H3,(H,20,22)/t14-/m0/s1. The third-order valence-electron chi connectivity index (χ3n) is 3.41. The van der Waals surface area contributed by atoms with Crippen LogP contribution < -0.4 is 14.8 Å². The number of hydrogen-bond acceptors (Lipinski definition) is 5. The first kappa shape index (κ1) is 23.2. The van der Waals surface area contributed by atoms with Gasteiger partial charge >= 0.3 is 6.18 Å². The minimum Gasteiger partial charge on any atom is -0.497 e. The number of hydrogen-bond donors (Lipinski definition) is 2. The lowest BCUT2D eigenvalue weighted by molar-refractivity contribution is -0.173. The van der Waals surface area contributed by atoms with E-state index in [1.807, 2.05) is 0 Å². The molecule has 11 heteroatoms. The van der Waals surface area contributed by atoms with Crippen molar-refractivity contribution in [1.82, 2.24) is 10.0 Å². The van der Waals surface area contributed by atoms with E-state index in [1.165, 1.54) is 31.4 Å². The molecule has 2 N–H and O–H groups in total. The van der Waals surface area contributed by atoms with Crippen molar-refractivity contribution in [3.8, 4) is 5.75 Å². The van der Waals surface area contributed by atoms with Gasteiger partial charge in [-0.05, 0) is 30.2 Å². The highest BCUT2D eigenvalue weighted by atomic mass is 32.2. The summed E-state index contributed by atoms with van der Waals surface area (Å²) in [6.45, 7) is 1.34. The highest BCUT2D eigenvalue weighted by Gasteiger charge is 2.29. The van der Waals surface area contributed by atoms with Crippen LogP contribution in [0.25, 0.3) is 0 Å². The van der Waals surface area contributed by atoms with E-state index in [0.717, 1.165) is 0 Å². The van der Waals surface area contributed by atoms with Gasteiger partial charge in [-0.25, -0.2) is 8.42 Å². The number of ether oxygens (including phenoxy) is 2. The van der Waals surface area contributed by atoms with Crippen molar-refractivity contribution in [2.24, 2.45) is 5.92 Å². The minimum absolute atomic E-state index is 0.0461. The highest BCUT2D eigenvalue weighted by molar-refractivity contribution is 7.89. The van der Waals surface area contributed by atoms with E-state index in [-0.39, 0.29) is 18.0 Å². The maximum Gasteiger partial charge on any atom is 0.411 e. The molecule has 0 saturated heterocycles. The molecule has 7 nitrogen and oxygen atoms in total. The zero-order chi connectivity index (χ0) is 20.7. The van der Waals surface area contributed by atoms with Gasteiger partial charge in [-0.2, -0.15) is 17.9 Å². The lowest BCUT2D eigenvalue weighted by atomic mass is 10.1. The fourth-order valence-corrected chi connectivity index (χ4v) is 3.37. The smallest absolute Gasteiger partial charge is 0.411 e. The largest absolute Gasteiger partial charge is 0.497 e. The Kier molecular flexibility index (Phi) is 8.51. The van der Waals surface area contributed by atoms with Crippen LogP contribution in [0, 0.1) is 5.92 Å². The monoisotopic (exact) mass is 412 g/mol. The number of carbonyl (C=O) groups excluding carboxylic acids is 1. The summed E-state index contributed by atoms with van der Waals surface area (Å²) < 4.78 is 72.5. The Labute approximate surface area is 156 Å². The molecule has 0 unspecified atom stereocenters. The second-order valence-electron chi connectivity index (χ2n) is 5.98. The van der Waals surface area contributed by atoms with Crippen molar-refractivity contribution in [3.05, 3.63) is 24.3 Å². The second kappa shape index (κ2) is 9.90. The lowest BCUT2D eigenvalue weighted by Crippen LogP contribution is -2.50. The van der Waals surface area contributed by atoms with Gasteiger partial charge in [0.25, 0.3) is 0 Å². The van der Waals surface area contributed by atoms with E-state index in [0.29, 0.717) is 5.75 Å². The van der Waals surface area contributed by atoms with Crippen LogP contribution in [0.4, 0.5) is 13.2 Å². The lowest BCUT2D eigenvalue weighted by Gasteiger charge is -2.21. The molecule has 0 heterocycles. The molecule has 0 aromatic heterocycles. The van der Waals surface area contributed by atoms with E-state index in [1.54, 1.807) is 13.8 Å². The van der Waals surface area contributed by atoms with E-state index in [2.05, 4.69) is 14.8 Å². The number of carbonyl (C=O) groups is 1. The number of nitrogens with one attached hydrogen (secondary N) is 2. The van der Waals surface area contributed by atoms with Crippen LogP contribution in [0.1, 0.15) is 13.8 Å². The third-order valence-corrected chi connectivity index (χ3v) is 4.87. The summed E-state index contributed by atoms with van der Waals surface area (Å²) >= 11 is 0. The molecule has 1 aromatic rings. The number of alkyl halides is 3. The Morgan fingerprint density at radius 2 is 1.78 bits per heavy atom. The number of benzene rings is 1. The van der Waals surface area contributed by atoms with Crippen LogP contribution in [0.15, 0.2) is 29.2 Å². The highest BCUT2D eigenvalue weighted by Crippen LogP contribution is 2.17. The third kappa shape index (κ3) is 8.14. The van der Waals surface area contributed by atoms with Crippen LogP contribution >= 0.6 is 0 Å². The van der Waals surface area contributed by atoms with Gasteiger partial charge in [-0.1, -0.05) is 13.8 Å². The molecular weight excluding hydrogens is 389 g/mol. The molecule has 0 fully saturated rings. The molecule has 0 saturated carbocycles. The molecule has 1 rings (SSSR count). The number of halogens is 3. The van der Waals surface area contributed by atoms with E-state index < -0.39 is 40.7 Å². The maximum absolute atomic E-state index is 12.5. The molecule has 27 heavy (non-hydrogen) atoms. The van der Waals surface area contributed by atoms with Gasteiger partial charge in [0.15, 0.2) is 0 Å². The van der Waals surface area contributed by atoms with Gasteiger partial charge < -0.3 is 14.8 Å². The first-order valence-corrected chi connectivity index (χ1v) is 9.53. The fourth-order valence-electron chi connectivity index (χ4n) is 2.03. The summed E-state index contributed by atoms with van der Waals surface area (Å²) in [6.07, 6.45) is -4.45. The van der Waals surface area contributed by atoms with Crippen molar-refractivity contribution in [3.63, 3.8) is 0 Å². The number of sulfonamides is 1. The van der Waals surface area contributed by atoms with Gasteiger partial charge in [0.1, 0.15) is 18.4 Å². The van der Waals surface area contributed by atoms with Crippen molar-refractivity contribution < 1.29 is 35.9 Å². The number of amides is 1. The van der Waals surface area contributed by atoms with E-state index >= 15 is 0 Å². The number of methoxy groups -OCH3 is 1.